The van der Waals surface area contributed by atoms with Gasteiger partial charge >= 0.3 is 103 Å². The molecule has 11 heavy (non-hydrogen) atoms. The van der Waals surface area contributed by atoms with E-state index in [4.69, 9.17) is 0 Å². The third kappa shape index (κ3) is 4.60. The van der Waals surface area contributed by atoms with E-state index in [1.807, 2.05) is 0 Å². The molecule has 0 unspecified atom stereocenters. The molecule has 1 aromatic rings. The van der Waals surface area contributed by atoms with E-state index >= 15 is 0 Å². The van der Waals surface area contributed by atoms with E-state index < -0.39 is 0.755 Å². The Bertz CT molecular complexity index is 213. The Balaban J connectivity index is 2.66. The molecule has 0 aliphatic rings. The minimum atomic E-state index is -0.711. The predicted molar refractivity (Wildman–Crippen MR) is 53.4 cm³/mol. The molecule has 0 fully saturated rings. The van der Waals surface area contributed by atoms with Crippen molar-refractivity contribution in [1.82, 2.24) is 0 Å². The molecule has 0 aromatic heterocycles. The van der Waals surface area contributed by atoms with Crippen LogP contribution in [0, 0.1) is 0 Å². The molecule has 0 saturated heterocycles. The van der Waals surface area contributed by atoms with Crippen LogP contribution in [-0.4, -0.2) is 48.4 Å². The number of hydrogen-bond acceptors (Lipinski definition) is 0. The normalized spacial score (nSPS) is 11.6. The zero-order valence-electron chi connectivity index (χ0n) is 7.59. The van der Waals surface area contributed by atoms with Gasteiger partial charge in [0.15, 0.2) is 0 Å². The summed E-state index contributed by atoms with van der Waals surface area (Å²) in [7, 11) is 0. The van der Waals surface area contributed by atoms with E-state index in [-0.39, 0.29) is 0 Å². The van der Waals surface area contributed by atoms with E-state index in [9.17, 15) is 0 Å². The van der Waals surface area contributed by atoms with Crippen LogP contribution >= 0.6 is 0 Å². The van der Waals surface area contributed by atoms with Gasteiger partial charge in [-0.2, -0.15) is 0 Å². The number of hydrogen-bond donors (Lipinski definition) is 0. The summed E-state index contributed by atoms with van der Waals surface area (Å²) < 4.78 is -0.711. The Morgan fingerprint density at radius 1 is 1.18 bits per heavy atom. The summed E-state index contributed by atoms with van der Waals surface area (Å²) in [6, 6.07) is 12.3. The zero-order chi connectivity index (χ0) is 8.32. The first-order chi connectivity index (χ1) is 5.08. The van der Waals surface area contributed by atoms with Crippen LogP contribution in [0.15, 0.2) is 30.3 Å². The molecular formula is C9H13KSi. The molecule has 0 aliphatic carbocycles. The van der Waals surface area contributed by atoms with E-state index in [2.05, 4.69) is 43.4 Å². The van der Waals surface area contributed by atoms with Crippen molar-refractivity contribution in [2.45, 2.75) is 19.1 Å². The maximum absolute atomic E-state index is 2.49. The van der Waals surface area contributed by atoms with Gasteiger partial charge in [0.2, 0.25) is 0 Å². The average Bonchev–Trinajstić information content (AvgIpc) is 1.85. The van der Waals surface area contributed by atoms with Crippen molar-refractivity contribution in [2.75, 3.05) is 0 Å². The zero-order valence-corrected chi connectivity index (χ0v) is 11.7. The van der Waals surface area contributed by atoms with Gasteiger partial charge in [-0.25, -0.2) is 0 Å². The van der Waals surface area contributed by atoms with Gasteiger partial charge in [-0.1, -0.05) is 0 Å². The third-order valence-electron chi connectivity index (χ3n) is 1.58. The van der Waals surface area contributed by atoms with Gasteiger partial charge in [-0.05, 0) is 0 Å². The molecule has 0 radical (unpaired) electrons. The van der Waals surface area contributed by atoms with Crippen LogP contribution in [0.2, 0.25) is 13.1 Å². The van der Waals surface area contributed by atoms with E-state index in [1.165, 1.54) is 11.6 Å². The quantitative estimate of drug-likeness (QED) is 0.624. The Morgan fingerprint density at radius 2 is 1.73 bits per heavy atom. The van der Waals surface area contributed by atoms with Crippen LogP contribution in [0.3, 0.4) is 0 Å². The Morgan fingerprint density at radius 3 is 2.18 bits per heavy atom. The molecule has 0 spiro atoms. The first-order valence-electron chi connectivity index (χ1n) is 4.12. The summed E-state index contributed by atoms with van der Waals surface area (Å²) in [5.74, 6) is 0. The van der Waals surface area contributed by atoms with Gasteiger partial charge in [-0.3, -0.25) is 0 Å². The van der Waals surface area contributed by atoms with Crippen molar-refractivity contribution >= 4 is 48.4 Å². The fourth-order valence-corrected chi connectivity index (χ4v) is 4.58. The minimum absolute atomic E-state index is 0.711. The molecule has 1 rings (SSSR count). The summed E-state index contributed by atoms with van der Waals surface area (Å²) in [5, 5.41) is 0. The first kappa shape index (κ1) is 10.2. The van der Waals surface area contributed by atoms with Crippen molar-refractivity contribution in [1.29, 1.82) is 0 Å². The van der Waals surface area contributed by atoms with E-state index in [0.717, 1.165) is 47.7 Å². The van der Waals surface area contributed by atoms with Gasteiger partial charge in [0.1, 0.15) is 0 Å². The summed E-state index contributed by atoms with van der Waals surface area (Å²) in [5.41, 5.74) is 1.54. The fourth-order valence-electron chi connectivity index (χ4n) is 1.21. The maximum atomic E-state index is 2.49. The first-order valence-corrected chi connectivity index (χ1v) is 12.5. The van der Waals surface area contributed by atoms with Gasteiger partial charge in [0, 0.05) is 0 Å². The molecule has 0 bridgehead atoms. The summed E-state index contributed by atoms with van der Waals surface area (Å²) >= 11 is 1.05. The molecule has 54 valence electrons. The van der Waals surface area contributed by atoms with Crippen LogP contribution < -0.4 is 0 Å². The molecule has 1 aromatic carbocycles. The van der Waals surface area contributed by atoms with Crippen LogP contribution in [0.4, 0.5) is 0 Å². The Kier molecular flexibility index (Phi) is 4.02. The summed E-state index contributed by atoms with van der Waals surface area (Å²) in [6.45, 7) is 4.97. The van der Waals surface area contributed by atoms with Crippen LogP contribution in [0.1, 0.15) is 5.56 Å². The van der Waals surface area contributed by atoms with E-state index in [1.54, 1.807) is 0 Å². The molecular weight excluding hydrogens is 175 g/mol. The Hall–Kier alpha value is 1.07. The topological polar surface area (TPSA) is 0 Å². The molecule has 0 N–H and O–H groups in total. The van der Waals surface area contributed by atoms with Gasteiger partial charge < -0.3 is 0 Å². The van der Waals surface area contributed by atoms with Gasteiger partial charge in [-0.15, -0.1) is 0 Å². The van der Waals surface area contributed by atoms with Crippen molar-refractivity contribution < 1.29 is 0 Å². The molecule has 0 atom stereocenters. The van der Waals surface area contributed by atoms with Crippen LogP contribution in [0.5, 0.6) is 0 Å². The van der Waals surface area contributed by atoms with E-state index in [0.29, 0.717) is 0 Å². The van der Waals surface area contributed by atoms with Crippen LogP contribution in [-0.2, 0) is 6.04 Å². The SMILES string of the molecule is C[Si](C)([K])Cc1ccccc1. The second-order valence-corrected chi connectivity index (χ2v) is 22.4. The number of benzene rings is 1. The van der Waals surface area contributed by atoms with Gasteiger partial charge in [0.05, 0.1) is 0 Å². The van der Waals surface area contributed by atoms with Crippen molar-refractivity contribution in [2.24, 2.45) is 0 Å². The van der Waals surface area contributed by atoms with Crippen molar-refractivity contribution in [3.05, 3.63) is 35.9 Å². The van der Waals surface area contributed by atoms with Crippen LogP contribution in [0.25, 0.3) is 0 Å². The predicted octanol–water partition coefficient (Wildman–Crippen LogP) is 2.14. The Labute approximate surface area is 102 Å². The average molecular weight is 188 g/mol. The monoisotopic (exact) mass is 188 g/mol. The summed E-state index contributed by atoms with van der Waals surface area (Å²) in [6.07, 6.45) is 0. The summed E-state index contributed by atoms with van der Waals surface area (Å²) in [4.78, 5) is 0. The molecule has 0 heterocycles. The standard InChI is InChI=1S/C9H13Si.K/c1-10(2)8-9-6-4-3-5-7-9;/h3-7H,8H2,1-2H3;. The van der Waals surface area contributed by atoms with Gasteiger partial charge in [0.25, 0.3) is 0 Å². The number of rotatable bonds is 2. The molecule has 0 amide bonds. The fraction of sp³-hybridized carbons (Fsp3) is 0.333. The molecule has 0 saturated carbocycles. The third-order valence-corrected chi connectivity index (χ3v) is 4.70. The second-order valence-electron chi connectivity index (χ2n) is 4.22. The molecule has 0 aliphatic heterocycles. The van der Waals surface area contributed by atoms with Crippen molar-refractivity contribution in [3.63, 3.8) is 0 Å². The van der Waals surface area contributed by atoms with Crippen molar-refractivity contribution in [3.8, 4) is 0 Å². The molecule has 2 heteroatoms. The molecule has 0 nitrogen and oxygen atoms in total. The second kappa shape index (κ2) is 4.35.